The van der Waals surface area contributed by atoms with Gasteiger partial charge in [0.15, 0.2) is 0 Å². The highest BCUT2D eigenvalue weighted by atomic mass is 79.9. The highest BCUT2D eigenvalue weighted by Crippen LogP contribution is 2.61. The van der Waals surface area contributed by atoms with Crippen molar-refractivity contribution < 1.29 is 37.4 Å². The minimum absolute atomic E-state index is 0. The predicted octanol–water partition coefficient (Wildman–Crippen LogP) is -0.902. The average molecular weight is 403 g/mol. The fourth-order valence-electron chi connectivity index (χ4n) is 2.91. The second-order valence-electron chi connectivity index (χ2n) is 5.96. The van der Waals surface area contributed by atoms with Crippen LogP contribution in [0.15, 0.2) is 0 Å². The topological polar surface area (TPSA) is 80.9 Å². The van der Waals surface area contributed by atoms with Gasteiger partial charge in [0.25, 0.3) is 0 Å². The molecular weight excluding hydrogens is 367 g/mol. The summed E-state index contributed by atoms with van der Waals surface area (Å²) in [6.45, 7) is 1.07. The molecule has 0 aliphatic heterocycles. The monoisotopic (exact) mass is 402 g/mol. The molecule has 0 atom stereocenters. The van der Waals surface area contributed by atoms with Crippen LogP contribution in [0.25, 0.3) is 0 Å². The molecule has 22 heavy (non-hydrogen) atoms. The van der Waals surface area contributed by atoms with Crippen molar-refractivity contribution in [3.63, 3.8) is 0 Å². The largest absolute Gasteiger partial charge is 1.00 e. The van der Waals surface area contributed by atoms with Crippen LogP contribution >= 0.6 is 7.26 Å². The smallest absolute Gasteiger partial charge is 0.0595 e. The van der Waals surface area contributed by atoms with E-state index in [-0.39, 0.29) is 43.4 Å². The molecule has 0 aromatic rings. The van der Waals surface area contributed by atoms with Crippen LogP contribution < -0.4 is 17.0 Å². The summed E-state index contributed by atoms with van der Waals surface area (Å²) >= 11 is 0. The molecule has 0 rings (SSSR count). The fourth-order valence-corrected chi connectivity index (χ4v) is 7.83. The van der Waals surface area contributed by atoms with E-state index in [1.807, 2.05) is 0 Å². The molecule has 0 aliphatic carbocycles. The van der Waals surface area contributed by atoms with Crippen LogP contribution in [0.2, 0.25) is 0 Å². The van der Waals surface area contributed by atoms with Gasteiger partial charge in [0.2, 0.25) is 0 Å². The van der Waals surface area contributed by atoms with E-state index in [4.69, 9.17) is 20.4 Å². The molecule has 4 nitrogen and oxygen atoms in total. The van der Waals surface area contributed by atoms with Crippen molar-refractivity contribution in [3.8, 4) is 0 Å². The number of halogens is 1. The van der Waals surface area contributed by atoms with Crippen molar-refractivity contribution in [2.24, 2.45) is 0 Å². The third kappa shape index (κ3) is 13.2. The maximum atomic E-state index is 9.02. The molecule has 0 saturated heterocycles. The highest BCUT2D eigenvalue weighted by molar-refractivity contribution is 7.75. The lowest BCUT2D eigenvalue weighted by Crippen LogP contribution is -3.00. The molecule has 0 heterocycles. The average Bonchev–Trinajstić information content (AvgIpc) is 2.48. The predicted molar refractivity (Wildman–Crippen MR) is 91.7 cm³/mol. The normalized spacial score (nSPS) is 11.5. The van der Waals surface area contributed by atoms with Gasteiger partial charge in [-0.15, -0.1) is 0 Å². The van der Waals surface area contributed by atoms with Gasteiger partial charge in [-0.2, -0.15) is 0 Å². The minimum Gasteiger partial charge on any atom is -1.00 e. The van der Waals surface area contributed by atoms with Crippen LogP contribution in [0.1, 0.15) is 51.4 Å². The van der Waals surface area contributed by atoms with Crippen LogP contribution in [0, 0.1) is 0 Å². The molecule has 0 aromatic carbocycles. The second-order valence-corrected chi connectivity index (χ2v) is 10.4. The Balaban J connectivity index is 0. The Labute approximate surface area is 147 Å². The summed E-state index contributed by atoms with van der Waals surface area (Å²) in [4.78, 5) is 0. The Hall–Kier alpha value is 0.750. The summed E-state index contributed by atoms with van der Waals surface area (Å²) in [5.74, 6) is 0. The summed E-state index contributed by atoms with van der Waals surface area (Å²) in [5, 5.41) is 36.1. The summed E-state index contributed by atoms with van der Waals surface area (Å²) in [6.07, 6.45) is 12.7. The Morgan fingerprint density at radius 1 is 0.409 bits per heavy atom. The molecule has 0 aliphatic rings. The van der Waals surface area contributed by atoms with E-state index < -0.39 is 7.26 Å². The number of aliphatic hydroxyl groups is 4. The van der Waals surface area contributed by atoms with E-state index in [0.717, 1.165) is 51.4 Å². The van der Waals surface area contributed by atoms with Crippen molar-refractivity contribution in [2.75, 3.05) is 51.1 Å². The summed E-state index contributed by atoms with van der Waals surface area (Å²) in [5.41, 5.74) is 0. The zero-order valence-corrected chi connectivity index (χ0v) is 16.4. The first-order valence-corrected chi connectivity index (χ1v) is 11.1. The van der Waals surface area contributed by atoms with E-state index in [1.165, 1.54) is 24.6 Å². The van der Waals surface area contributed by atoms with E-state index in [9.17, 15) is 0 Å². The Bertz CT molecular complexity index is 175. The van der Waals surface area contributed by atoms with Gasteiger partial charge in [0.05, 0.1) is 24.6 Å². The summed E-state index contributed by atoms with van der Waals surface area (Å²) < 4.78 is 0. The zero-order valence-electron chi connectivity index (χ0n) is 13.9. The lowest BCUT2D eigenvalue weighted by Gasteiger charge is -2.28. The van der Waals surface area contributed by atoms with Crippen LogP contribution in [0.3, 0.4) is 0 Å². The fraction of sp³-hybridized carbons (Fsp3) is 1.00. The van der Waals surface area contributed by atoms with Crippen molar-refractivity contribution in [1.29, 1.82) is 0 Å². The van der Waals surface area contributed by atoms with Crippen molar-refractivity contribution in [3.05, 3.63) is 0 Å². The van der Waals surface area contributed by atoms with Gasteiger partial charge in [0.1, 0.15) is 0 Å². The van der Waals surface area contributed by atoms with E-state index in [1.54, 1.807) is 0 Å². The molecule has 0 amide bonds. The summed E-state index contributed by atoms with van der Waals surface area (Å²) in [7, 11) is -1.06. The highest BCUT2D eigenvalue weighted by Gasteiger charge is 2.34. The molecule has 136 valence electrons. The molecule has 0 bridgehead atoms. The quantitative estimate of drug-likeness (QED) is 0.199. The number of rotatable bonds is 16. The molecule has 0 spiro atoms. The number of hydrogen-bond donors (Lipinski definition) is 4. The molecule has 0 saturated carbocycles. The summed E-state index contributed by atoms with van der Waals surface area (Å²) in [6, 6.07) is 0. The van der Waals surface area contributed by atoms with E-state index in [2.05, 4.69) is 0 Å². The Kier molecular flexibility index (Phi) is 20.6. The van der Waals surface area contributed by atoms with Gasteiger partial charge < -0.3 is 37.4 Å². The van der Waals surface area contributed by atoms with Crippen molar-refractivity contribution >= 4 is 7.26 Å². The van der Waals surface area contributed by atoms with Gasteiger partial charge >= 0.3 is 0 Å². The van der Waals surface area contributed by atoms with Gasteiger partial charge in [0, 0.05) is 33.7 Å². The molecule has 0 unspecified atom stereocenters. The molecule has 6 heteroatoms. The van der Waals surface area contributed by atoms with E-state index >= 15 is 0 Å². The zero-order chi connectivity index (χ0) is 15.8. The van der Waals surface area contributed by atoms with Crippen LogP contribution in [0.4, 0.5) is 0 Å². The Morgan fingerprint density at radius 2 is 0.636 bits per heavy atom. The van der Waals surface area contributed by atoms with Crippen LogP contribution in [-0.4, -0.2) is 71.5 Å². The number of unbranched alkanes of at least 4 members (excludes halogenated alkanes) is 4. The van der Waals surface area contributed by atoms with Crippen LogP contribution in [-0.2, 0) is 0 Å². The maximum absolute atomic E-state index is 9.02. The third-order valence-electron chi connectivity index (χ3n) is 4.16. The van der Waals surface area contributed by atoms with Crippen molar-refractivity contribution in [1.82, 2.24) is 0 Å². The minimum atomic E-state index is -1.06. The number of hydrogen-bond acceptors (Lipinski definition) is 4. The first-order valence-electron chi connectivity index (χ1n) is 8.53. The molecule has 4 N–H and O–H groups in total. The first kappa shape index (κ1) is 25.0. The maximum Gasteiger partial charge on any atom is 0.0595 e. The standard InChI is InChI=1S/C16H36O4P.BrH/c17-9-1-5-13-21(14-6-2-10-18,15-7-3-11-19)16-8-4-12-20;/h17-20H,1-16H2;1H/q+1;/p-1. The lowest BCUT2D eigenvalue weighted by molar-refractivity contribution is -0.00000919. The van der Waals surface area contributed by atoms with Gasteiger partial charge in [-0.25, -0.2) is 0 Å². The SMILES string of the molecule is OCCCC[P+](CCCCO)(CCCCO)CCCCO.[Br-]. The molecule has 0 fully saturated rings. The first-order chi connectivity index (χ1) is 10.2. The van der Waals surface area contributed by atoms with Crippen molar-refractivity contribution in [2.45, 2.75) is 51.4 Å². The Morgan fingerprint density at radius 3 is 0.818 bits per heavy atom. The lowest BCUT2D eigenvalue weighted by atomic mass is 10.3. The second kappa shape index (κ2) is 18.1. The third-order valence-corrected chi connectivity index (χ3v) is 9.22. The van der Waals surface area contributed by atoms with E-state index in [0.29, 0.717) is 0 Å². The van der Waals surface area contributed by atoms with Gasteiger partial charge in [-0.1, -0.05) is 0 Å². The number of aliphatic hydroxyl groups excluding tert-OH is 4. The van der Waals surface area contributed by atoms with Gasteiger partial charge in [-0.05, 0) is 51.4 Å². The molecule has 0 radical (unpaired) electrons. The molecular formula is C16H36BrO4P. The van der Waals surface area contributed by atoms with Crippen LogP contribution in [0.5, 0.6) is 0 Å². The van der Waals surface area contributed by atoms with Gasteiger partial charge in [-0.3, -0.25) is 0 Å². The molecule has 0 aromatic heterocycles.